The lowest BCUT2D eigenvalue weighted by atomic mass is 9.70. The summed E-state index contributed by atoms with van der Waals surface area (Å²) in [6, 6.07) is 9.81. The number of rotatable bonds is 6. The zero-order valence-corrected chi connectivity index (χ0v) is 27.0. The highest BCUT2D eigenvalue weighted by Crippen LogP contribution is 2.44. The van der Waals surface area contributed by atoms with Gasteiger partial charge in [-0.3, -0.25) is 9.20 Å². The molecule has 250 valence electrons. The van der Waals surface area contributed by atoms with Crippen LogP contribution < -0.4 is 4.74 Å². The highest BCUT2D eigenvalue weighted by Gasteiger charge is 2.46. The van der Waals surface area contributed by atoms with Gasteiger partial charge in [0.2, 0.25) is 21.7 Å². The van der Waals surface area contributed by atoms with Crippen LogP contribution in [-0.4, -0.2) is 68.7 Å². The van der Waals surface area contributed by atoms with Gasteiger partial charge in [-0.05, 0) is 73.7 Å². The number of halogens is 3. The largest absolute Gasteiger partial charge is 0.481 e. The van der Waals surface area contributed by atoms with Gasteiger partial charge in [0.15, 0.2) is 5.65 Å². The molecule has 5 heterocycles. The molecule has 4 aromatic rings. The number of carbonyl (C=O) groups is 1. The normalized spacial score (nSPS) is 18.8. The maximum atomic E-state index is 14.1. The second-order valence-corrected chi connectivity index (χ2v) is 14.6. The molecule has 15 heteroatoms. The van der Waals surface area contributed by atoms with Gasteiger partial charge in [-0.2, -0.15) is 17.5 Å². The minimum Gasteiger partial charge on any atom is -0.481 e. The molecule has 1 saturated heterocycles. The van der Waals surface area contributed by atoms with Crippen molar-refractivity contribution in [2.75, 3.05) is 19.8 Å². The lowest BCUT2D eigenvalue weighted by molar-refractivity contribution is -0.147. The maximum absolute atomic E-state index is 14.1. The number of hydrogen-bond acceptors (Lipinski definition) is 8. The van der Waals surface area contributed by atoms with E-state index in [1.54, 1.807) is 39.0 Å². The molecule has 47 heavy (non-hydrogen) atoms. The standard InChI is InChI=1S/C32H34F3N5O6S/c1-19-7-8-21(25(30(3,4)29(41)42)23-9-13-40-26(20(23)2)37-38-28(40)32(33,34)35)16-22(19)17-39-18-31(10-14-45-15-11-31)46-27-24(47(39,43)44)6-5-12-36-27/h5-9,12-13,16,25H,10-11,14-15,17-18H2,1-4H3,(H,41,42). The number of ether oxygens (including phenoxy) is 2. The first kappa shape index (κ1) is 32.8. The molecule has 0 aliphatic carbocycles. The average Bonchev–Trinajstić information content (AvgIpc) is 3.43. The van der Waals surface area contributed by atoms with Crippen LogP contribution in [0.15, 0.2) is 53.7 Å². The number of benzene rings is 1. The van der Waals surface area contributed by atoms with Crippen molar-refractivity contribution in [3.8, 4) is 5.88 Å². The van der Waals surface area contributed by atoms with Gasteiger partial charge in [-0.15, -0.1) is 10.2 Å². The summed E-state index contributed by atoms with van der Waals surface area (Å²) in [5.41, 5.74) is 0.407. The van der Waals surface area contributed by atoms with Gasteiger partial charge < -0.3 is 14.6 Å². The van der Waals surface area contributed by atoms with E-state index in [-0.39, 0.29) is 29.5 Å². The van der Waals surface area contributed by atoms with Crippen molar-refractivity contribution in [2.45, 2.75) is 69.7 Å². The summed E-state index contributed by atoms with van der Waals surface area (Å²) in [6.45, 7) is 7.32. The van der Waals surface area contributed by atoms with Crippen LogP contribution in [-0.2, 0) is 32.3 Å². The van der Waals surface area contributed by atoms with E-state index in [1.807, 2.05) is 6.92 Å². The van der Waals surface area contributed by atoms with Gasteiger partial charge in [-0.25, -0.2) is 13.4 Å². The van der Waals surface area contributed by atoms with Gasteiger partial charge in [-0.1, -0.05) is 18.2 Å². The third-order valence-corrected chi connectivity index (χ3v) is 11.1. The van der Waals surface area contributed by atoms with Crippen LogP contribution in [0.2, 0.25) is 0 Å². The quantitative estimate of drug-likeness (QED) is 0.295. The zero-order valence-electron chi connectivity index (χ0n) is 26.2. The van der Waals surface area contributed by atoms with Crippen LogP contribution in [0.5, 0.6) is 5.88 Å². The fourth-order valence-corrected chi connectivity index (χ4v) is 8.08. The number of hydrogen-bond donors (Lipinski definition) is 1. The molecule has 0 bridgehead atoms. The second kappa shape index (κ2) is 11.6. The average molecular weight is 674 g/mol. The van der Waals surface area contributed by atoms with Crippen LogP contribution in [0.1, 0.15) is 66.2 Å². The number of aliphatic carboxylic acids is 1. The summed E-state index contributed by atoms with van der Waals surface area (Å²) in [7, 11) is -4.08. The molecule has 2 aliphatic rings. The molecule has 2 aliphatic heterocycles. The Morgan fingerprint density at radius 3 is 2.51 bits per heavy atom. The summed E-state index contributed by atoms with van der Waals surface area (Å²) in [5.74, 6) is -3.13. The Balaban J connectivity index is 1.46. The van der Waals surface area contributed by atoms with Crippen LogP contribution in [0, 0.1) is 19.3 Å². The Hall–Kier alpha value is -4.08. The molecule has 1 N–H and O–H groups in total. The Kier molecular flexibility index (Phi) is 8.08. The van der Waals surface area contributed by atoms with Gasteiger partial charge >= 0.3 is 12.1 Å². The number of carboxylic acids is 1. The maximum Gasteiger partial charge on any atom is 0.452 e. The van der Waals surface area contributed by atoms with Crippen molar-refractivity contribution in [3.63, 3.8) is 0 Å². The van der Waals surface area contributed by atoms with Crippen molar-refractivity contribution in [2.24, 2.45) is 5.41 Å². The molecular formula is C32H34F3N5O6S. The number of carboxylic acid groups (broad SMARTS) is 1. The summed E-state index contributed by atoms with van der Waals surface area (Å²) in [5, 5.41) is 17.5. The van der Waals surface area contributed by atoms with Crippen molar-refractivity contribution in [1.82, 2.24) is 23.9 Å². The number of fused-ring (bicyclic) bond motifs is 2. The highest BCUT2D eigenvalue weighted by atomic mass is 32.2. The monoisotopic (exact) mass is 673 g/mol. The first-order valence-electron chi connectivity index (χ1n) is 15.0. The zero-order chi connectivity index (χ0) is 33.9. The third-order valence-electron chi connectivity index (χ3n) is 9.29. The van der Waals surface area contributed by atoms with Crippen molar-refractivity contribution >= 4 is 21.6 Å². The SMILES string of the molecule is Cc1ccc(C(c2ccn3c(C(F)(F)F)nnc3c2C)C(C)(C)C(=O)O)cc1CN1CC2(CCOCC2)Oc2ncccc2S1(=O)=O. The van der Waals surface area contributed by atoms with Crippen LogP contribution >= 0.6 is 0 Å². The van der Waals surface area contributed by atoms with E-state index in [2.05, 4.69) is 15.2 Å². The molecule has 1 aromatic carbocycles. The number of nitrogens with zero attached hydrogens (tertiary/aromatic N) is 5. The second-order valence-electron chi connectivity index (χ2n) is 12.7. The third kappa shape index (κ3) is 5.74. The van der Waals surface area contributed by atoms with Gasteiger partial charge in [0.25, 0.3) is 0 Å². The lowest BCUT2D eigenvalue weighted by Crippen LogP contribution is -2.50. The van der Waals surface area contributed by atoms with E-state index in [9.17, 15) is 31.5 Å². The number of aromatic nitrogens is 4. The minimum atomic E-state index is -4.74. The smallest absolute Gasteiger partial charge is 0.452 e. The Bertz CT molecular complexity index is 1970. The molecule has 6 rings (SSSR count). The van der Waals surface area contributed by atoms with E-state index in [4.69, 9.17) is 9.47 Å². The van der Waals surface area contributed by atoms with E-state index < -0.39 is 44.9 Å². The lowest BCUT2D eigenvalue weighted by Gasteiger charge is -2.38. The predicted molar refractivity (Wildman–Crippen MR) is 162 cm³/mol. The molecule has 11 nitrogen and oxygen atoms in total. The Labute approximate surface area is 269 Å². The molecule has 3 aromatic heterocycles. The van der Waals surface area contributed by atoms with E-state index in [1.165, 1.54) is 34.9 Å². The van der Waals surface area contributed by atoms with E-state index in [0.29, 0.717) is 48.3 Å². The number of alkyl halides is 3. The predicted octanol–water partition coefficient (Wildman–Crippen LogP) is 5.14. The van der Waals surface area contributed by atoms with Gasteiger partial charge in [0.05, 0.1) is 25.2 Å². The molecule has 1 unspecified atom stereocenters. The first-order chi connectivity index (χ1) is 22.0. The molecular weight excluding hydrogens is 639 g/mol. The molecule has 1 spiro atoms. The molecule has 0 radical (unpaired) electrons. The summed E-state index contributed by atoms with van der Waals surface area (Å²) >= 11 is 0. The van der Waals surface area contributed by atoms with Crippen LogP contribution in [0.25, 0.3) is 5.65 Å². The van der Waals surface area contributed by atoms with Crippen molar-refractivity contribution in [3.05, 3.63) is 82.4 Å². The number of sulfonamides is 1. The van der Waals surface area contributed by atoms with Crippen molar-refractivity contribution in [1.29, 1.82) is 0 Å². The Morgan fingerprint density at radius 1 is 1.11 bits per heavy atom. The topological polar surface area (TPSA) is 136 Å². The van der Waals surface area contributed by atoms with Crippen LogP contribution in [0.4, 0.5) is 13.2 Å². The number of aryl methyl sites for hydroxylation is 2. The fraction of sp³-hybridized carbons (Fsp3) is 0.438. The van der Waals surface area contributed by atoms with Crippen LogP contribution in [0.3, 0.4) is 0 Å². The van der Waals surface area contributed by atoms with E-state index in [0.717, 1.165) is 9.96 Å². The summed E-state index contributed by atoms with van der Waals surface area (Å²) < 4.78 is 83.1. The van der Waals surface area contributed by atoms with Gasteiger partial charge in [0.1, 0.15) is 10.5 Å². The van der Waals surface area contributed by atoms with E-state index >= 15 is 0 Å². The summed E-state index contributed by atoms with van der Waals surface area (Å²) in [6.07, 6.45) is -1.13. The molecule has 0 amide bonds. The summed E-state index contributed by atoms with van der Waals surface area (Å²) in [4.78, 5) is 16.9. The highest BCUT2D eigenvalue weighted by molar-refractivity contribution is 7.89. The molecule has 1 fully saturated rings. The van der Waals surface area contributed by atoms with Gasteiger partial charge in [0, 0.05) is 37.7 Å². The Morgan fingerprint density at radius 2 is 1.83 bits per heavy atom. The molecule has 0 saturated carbocycles. The minimum absolute atomic E-state index is 0.0404. The first-order valence-corrected chi connectivity index (χ1v) is 16.5. The van der Waals surface area contributed by atoms with Crippen molar-refractivity contribution < 1.29 is 41.0 Å². The fourth-order valence-electron chi connectivity index (χ4n) is 6.52. The molecule has 1 atom stereocenters. The number of pyridine rings is 2.